The van der Waals surface area contributed by atoms with Crippen molar-refractivity contribution >= 4 is 38.0 Å². The average Bonchev–Trinajstić information content (AvgIpc) is 2.73. The predicted octanol–water partition coefficient (Wildman–Crippen LogP) is 3.32. The van der Waals surface area contributed by atoms with E-state index in [9.17, 15) is 18.0 Å². The van der Waals surface area contributed by atoms with Crippen LogP contribution in [0.2, 0.25) is 0 Å². The van der Waals surface area contributed by atoms with Crippen LogP contribution in [-0.2, 0) is 19.6 Å². The predicted molar refractivity (Wildman–Crippen MR) is 125 cm³/mol. The van der Waals surface area contributed by atoms with Gasteiger partial charge in [-0.3, -0.25) is 4.79 Å². The van der Waals surface area contributed by atoms with E-state index >= 15 is 0 Å². The highest BCUT2D eigenvalue weighted by Gasteiger charge is 2.42. The zero-order chi connectivity index (χ0) is 23.7. The number of carbonyl (C=O) groups is 2. The Morgan fingerprint density at radius 3 is 1.97 bits per heavy atom. The molecule has 1 aromatic rings. The number of sulfonamides is 1. The van der Waals surface area contributed by atoms with Gasteiger partial charge < -0.3 is 14.5 Å². The molecule has 2 heterocycles. The van der Waals surface area contributed by atoms with Crippen LogP contribution < -0.4 is 0 Å². The molecule has 0 radical (unpaired) electrons. The topological polar surface area (TPSA) is 87.2 Å². The second-order valence-corrected chi connectivity index (χ2v) is 12.5. The smallest absolute Gasteiger partial charge is 0.410 e. The summed E-state index contributed by atoms with van der Waals surface area (Å²) < 4.78 is 33.5. The Bertz CT molecular complexity index is 943. The molecule has 0 unspecified atom stereocenters. The number of piperidine rings is 1. The number of amides is 2. The third-order valence-electron chi connectivity index (χ3n) is 6.01. The van der Waals surface area contributed by atoms with Crippen LogP contribution >= 0.6 is 15.9 Å². The van der Waals surface area contributed by atoms with Crippen molar-refractivity contribution in [1.82, 2.24) is 14.1 Å². The zero-order valence-electron chi connectivity index (χ0n) is 19.1. The SMILES string of the molecule is CC(C)(C)OC(=O)N1CCC(C)(C(=O)N2CCN(S(=O)(=O)c3ccc(Br)cc3)CC2)CC1. The molecule has 1 aromatic carbocycles. The first-order valence-corrected chi connectivity index (χ1v) is 13.1. The van der Waals surface area contributed by atoms with Crippen molar-refractivity contribution in [2.45, 2.75) is 51.0 Å². The third-order valence-corrected chi connectivity index (χ3v) is 8.45. The van der Waals surface area contributed by atoms with Crippen LogP contribution in [-0.4, -0.2) is 79.4 Å². The van der Waals surface area contributed by atoms with Crippen molar-refractivity contribution < 1.29 is 22.7 Å². The maximum Gasteiger partial charge on any atom is 0.410 e. The Labute approximate surface area is 199 Å². The van der Waals surface area contributed by atoms with Crippen LogP contribution in [0.15, 0.2) is 33.6 Å². The van der Waals surface area contributed by atoms with E-state index in [0.29, 0.717) is 39.0 Å². The fourth-order valence-corrected chi connectivity index (χ4v) is 5.68. The van der Waals surface area contributed by atoms with Crippen molar-refractivity contribution in [1.29, 1.82) is 0 Å². The van der Waals surface area contributed by atoms with Gasteiger partial charge >= 0.3 is 6.09 Å². The van der Waals surface area contributed by atoms with E-state index in [-0.39, 0.29) is 30.0 Å². The molecule has 10 heteroatoms. The molecule has 32 heavy (non-hydrogen) atoms. The van der Waals surface area contributed by atoms with Crippen LogP contribution in [0.3, 0.4) is 0 Å². The number of nitrogens with zero attached hydrogens (tertiary/aromatic N) is 3. The molecule has 0 aromatic heterocycles. The largest absolute Gasteiger partial charge is 0.444 e. The first-order valence-electron chi connectivity index (χ1n) is 10.8. The molecule has 0 spiro atoms. The summed E-state index contributed by atoms with van der Waals surface area (Å²) in [5.74, 6) is 0.0297. The first-order chi connectivity index (χ1) is 14.8. The fourth-order valence-electron chi connectivity index (χ4n) is 3.99. The molecule has 0 N–H and O–H groups in total. The number of ether oxygens (including phenoxy) is 1. The molecule has 178 valence electrons. The number of hydrogen-bond donors (Lipinski definition) is 0. The number of halogens is 1. The summed E-state index contributed by atoms with van der Waals surface area (Å²) in [6.07, 6.45) is 0.768. The molecule has 2 aliphatic heterocycles. The lowest BCUT2D eigenvalue weighted by Crippen LogP contribution is -2.56. The summed E-state index contributed by atoms with van der Waals surface area (Å²) in [4.78, 5) is 29.2. The maximum absolute atomic E-state index is 13.3. The molecule has 0 aliphatic carbocycles. The first kappa shape index (κ1) is 25.0. The number of likely N-dealkylation sites (tertiary alicyclic amines) is 1. The second-order valence-electron chi connectivity index (χ2n) is 9.68. The Morgan fingerprint density at radius 2 is 1.47 bits per heavy atom. The number of carbonyl (C=O) groups excluding carboxylic acids is 2. The lowest BCUT2D eigenvalue weighted by Gasteiger charge is -2.43. The van der Waals surface area contributed by atoms with E-state index < -0.39 is 21.0 Å². The molecule has 0 saturated carbocycles. The Hall–Kier alpha value is -1.65. The number of piperazine rings is 1. The van der Waals surface area contributed by atoms with Crippen molar-refractivity contribution in [2.75, 3.05) is 39.3 Å². The monoisotopic (exact) mass is 529 g/mol. The molecule has 2 fully saturated rings. The number of hydrogen-bond acceptors (Lipinski definition) is 5. The van der Waals surface area contributed by atoms with Crippen molar-refractivity contribution in [2.24, 2.45) is 5.41 Å². The van der Waals surface area contributed by atoms with E-state index in [2.05, 4.69) is 15.9 Å². The fraction of sp³-hybridized carbons (Fsp3) is 0.636. The van der Waals surface area contributed by atoms with Crippen LogP contribution in [0.25, 0.3) is 0 Å². The molecule has 2 aliphatic rings. The summed E-state index contributed by atoms with van der Waals surface area (Å²) in [5.41, 5.74) is -1.12. The lowest BCUT2D eigenvalue weighted by molar-refractivity contribution is -0.145. The van der Waals surface area contributed by atoms with Crippen molar-refractivity contribution in [3.05, 3.63) is 28.7 Å². The minimum Gasteiger partial charge on any atom is -0.444 e. The second kappa shape index (κ2) is 9.30. The van der Waals surface area contributed by atoms with Crippen LogP contribution in [0.5, 0.6) is 0 Å². The molecule has 0 bridgehead atoms. The van der Waals surface area contributed by atoms with Gasteiger partial charge in [0.15, 0.2) is 0 Å². The summed E-state index contributed by atoms with van der Waals surface area (Å²) in [5, 5.41) is 0. The van der Waals surface area contributed by atoms with Gasteiger partial charge in [-0.25, -0.2) is 13.2 Å². The minimum absolute atomic E-state index is 0.0297. The van der Waals surface area contributed by atoms with Gasteiger partial charge in [0, 0.05) is 49.2 Å². The van der Waals surface area contributed by atoms with Gasteiger partial charge in [0.1, 0.15) is 5.60 Å². The van der Waals surface area contributed by atoms with Gasteiger partial charge in [-0.1, -0.05) is 22.9 Å². The highest BCUT2D eigenvalue weighted by molar-refractivity contribution is 9.10. The quantitative estimate of drug-likeness (QED) is 0.599. The summed E-state index contributed by atoms with van der Waals surface area (Å²) in [6, 6.07) is 6.57. The van der Waals surface area contributed by atoms with Gasteiger partial charge in [0.2, 0.25) is 15.9 Å². The molecule has 3 rings (SSSR count). The summed E-state index contributed by atoms with van der Waals surface area (Å²) in [7, 11) is -3.58. The van der Waals surface area contributed by atoms with Gasteiger partial charge in [-0.15, -0.1) is 0 Å². The van der Waals surface area contributed by atoms with Gasteiger partial charge in [0.25, 0.3) is 0 Å². The zero-order valence-corrected chi connectivity index (χ0v) is 21.5. The molecule has 8 nitrogen and oxygen atoms in total. The molecular formula is C22H32BrN3O5S. The molecule has 2 saturated heterocycles. The summed E-state index contributed by atoms with van der Waals surface area (Å²) in [6.45, 7) is 9.63. The van der Waals surface area contributed by atoms with Crippen LogP contribution in [0.4, 0.5) is 4.79 Å². The van der Waals surface area contributed by atoms with Crippen molar-refractivity contribution in [3.8, 4) is 0 Å². The Kier molecular flexibility index (Phi) is 7.26. The minimum atomic E-state index is -3.58. The number of rotatable bonds is 3. The molecule has 2 amide bonds. The normalized spacial score (nSPS) is 20.2. The molecule has 0 atom stereocenters. The average molecular weight is 530 g/mol. The summed E-state index contributed by atoms with van der Waals surface area (Å²) >= 11 is 3.32. The van der Waals surface area contributed by atoms with Crippen molar-refractivity contribution in [3.63, 3.8) is 0 Å². The number of benzene rings is 1. The maximum atomic E-state index is 13.3. The van der Waals surface area contributed by atoms with E-state index in [1.54, 1.807) is 34.1 Å². The van der Waals surface area contributed by atoms with E-state index in [4.69, 9.17) is 4.74 Å². The Balaban J connectivity index is 1.56. The van der Waals surface area contributed by atoms with Crippen LogP contribution in [0.1, 0.15) is 40.5 Å². The highest BCUT2D eigenvalue weighted by Crippen LogP contribution is 2.34. The Morgan fingerprint density at radius 1 is 0.938 bits per heavy atom. The van der Waals surface area contributed by atoms with E-state index in [1.165, 1.54) is 4.31 Å². The lowest BCUT2D eigenvalue weighted by atomic mass is 9.79. The van der Waals surface area contributed by atoms with E-state index in [0.717, 1.165) is 4.47 Å². The van der Waals surface area contributed by atoms with Gasteiger partial charge in [0.05, 0.1) is 4.90 Å². The standard InChI is InChI=1S/C22H32BrN3O5S/c1-21(2,3)31-20(28)25-11-9-22(4,10-12-25)19(27)24-13-15-26(16-14-24)32(29,30)18-7-5-17(23)6-8-18/h5-8H,9-16H2,1-4H3. The third kappa shape index (κ3) is 5.63. The highest BCUT2D eigenvalue weighted by atomic mass is 79.9. The molecular weight excluding hydrogens is 498 g/mol. The van der Waals surface area contributed by atoms with Crippen LogP contribution in [0, 0.1) is 5.41 Å². The van der Waals surface area contributed by atoms with E-state index in [1.807, 2.05) is 27.7 Å². The van der Waals surface area contributed by atoms with Gasteiger partial charge in [-0.2, -0.15) is 4.31 Å². The van der Waals surface area contributed by atoms with Gasteiger partial charge in [-0.05, 0) is 57.9 Å².